The molecule has 0 aromatic heterocycles. The van der Waals surface area contributed by atoms with E-state index in [1.165, 1.54) is 25.7 Å². The predicted octanol–water partition coefficient (Wildman–Crippen LogP) is 4.40. The molecule has 1 saturated heterocycles. The summed E-state index contributed by atoms with van der Waals surface area (Å²) in [5, 5.41) is 0. The maximum Gasteiger partial charge on any atom is 0.308 e. The number of piperazine rings is 1. The number of halogens is 2. The van der Waals surface area contributed by atoms with E-state index >= 15 is 0 Å². The lowest BCUT2D eigenvalue weighted by Gasteiger charge is -2.32. The number of hydrogen-bond acceptors (Lipinski definition) is 4. The molecule has 0 aromatic rings. The standard InChI is InChI=1S/C19H38N2O2.2ClH/c1-4-6-8-10-18(11-9-7-5-2)19(22)23-17-16-21-14-12-20(3)13-15-21;;/h18H,4-17H2,1-3H3;2*1H. The summed E-state index contributed by atoms with van der Waals surface area (Å²) in [4.78, 5) is 17.1. The number of hydrogen-bond donors (Lipinski definition) is 0. The fourth-order valence-electron chi connectivity index (χ4n) is 3.13. The molecule has 25 heavy (non-hydrogen) atoms. The quantitative estimate of drug-likeness (QED) is 0.360. The molecule has 0 amide bonds. The molecule has 0 radical (unpaired) electrons. The van der Waals surface area contributed by atoms with Crippen LogP contribution in [0, 0.1) is 5.92 Å². The minimum absolute atomic E-state index is 0. The SMILES string of the molecule is CCCCCC(CCCCC)C(=O)OCCN1CCN(C)CC1.Cl.Cl. The van der Waals surface area contributed by atoms with E-state index in [0.717, 1.165) is 58.4 Å². The molecule has 0 aliphatic carbocycles. The molecule has 1 aliphatic rings. The van der Waals surface area contributed by atoms with Crippen molar-refractivity contribution in [3.05, 3.63) is 0 Å². The summed E-state index contributed by atoms with van der Waals surface area (Å²) in [5.74, 6) is 0.173. The van der Waals surface area contributed by atoms with E-state index in [1.54, 1.807) is 0 Å². The second-order valence-corrected chi connectivity index (χ2v) is 7.00. The minimum atomic E-state index is 0. The van der Waals surface area contributed by atoms with Crippen molar-refractivity contribution in [2.75, 3.05) is 46.4 Å². The van der Waals surface area contributed by atoms with Gasteiger partial charge in [-0.2, -0.15) is 0 Å². The zero-order chi connectivity index (χ0) is 16.9. The first kappa shape index (κ1) is 27.2. The van der Waals surface area contributed by atoms with Gasteiger partial charge in [0.25, 0.3) is 0 Å². The molecule has 0 N–H and O–H groups in total. The van der Waals surface area contributed by atoms with Gasteiger partial charge in [0.2, 0.25) is 0 Å². The second kappa shape index (κ2) is 17.4. The minimum Gasteiger partial charge on any atom is -0.464 e. The van der Waals surface area contributed by atoms with Crippen molar-refractivity contribution in [3.8, 4) is 0 Å². The number of ether oxygens (including phenoxy) is 1. The Balaban J connectivity index is 0. The topological polar surface area (TPSA) is 32.8 Å². The summed E-state index contributed by atoms with van der Waals surface area (Å²) in [7, 11) is 2.16. The largest absolute Gasteiger partial charge is 0.464 e. The molecule has 6 heteroatoms. The van der Waals surface area contributed by atoms with Crippen LogP contribution in [0.1, 0.15) is 65.2 Å². The van der Waals surface area contributed by atoms with Crippen LogP contribution in [-0.4, -0.2) is 62.1 Å². The van der Waals surface area contributed by atoms with Gasteiger partial charge in [-0.1, -0.05) is 52.4 Å². The number of unbranched alkanes of at least 4 members (excludes halogenated alkanes) is 4. The van der Waals surface area contributed by atoms with Crippen molar-refractivity contribution in [2.24, 2.45) is 5.92 Å². The third-order valence-corrected chi connectivity index (χ3v) is 4.89. The molecule has 0 spiro atoms. The van der Waals surface area contributed by atoms with E-state index in [-0.39, 0.29) is 36.7 Å². The average molecular weight is 399 g/mol. The summed E-state index contributed by atoms with van der Waals surface area (Å²) in [5.41, 5.74) is 0. The normalized spacial score (nSPS) is 15.5. The van der Waals surface area contributed by atoms with Crippen LogP contribution in [0.2, 0.25) is 0 Å². The number of carbonyl (C=O) groups is 1. The molecular weight excluding hydrogens is 359 g/mol. The fourth-order valence-corrected chi connectivity index (χ4v) is 3.13. The molecule has 1 aliphatic heterocycles. The first-order chi connectivity index (χ1) is 11.2. The zero-order valence-electron chi connectivity index (χ0n) is 16.5. The lowest BCUT2D eigenvalue weighted by atomic mass is 9.95. The van der Waals surface area contributed by atoms with Crippen LogP contribution in [0.15, 0.2) is 0 Å². The van der Waals surface area contributed by atoms with Crippen LogP contribution < -0.4 is 0 Å². The van der Waals surface area contributed by atoms with Crippen LogP contribution in [-0.2, 0) is 9.53 Å². The van der Waals surface area contributed by atoms with Crippen molar-refractivity contribution >= 4 is 30.8 Å². The molecule has 0 bridgehead atoms. The molecule has 0 unspecified atom stereocenters. The van der Waals surface area contributed by atoms with Crippen molar-refractivity contribution < 1.29 is 9.53 Å². The Hall–Kier alpha value is -0.0300. The summed E-state index contributed by atoms with van der Waals surface area (Å²) >= 11 is 0. The summed E-state index contributed by atoms with van der Waals surface area (Å²) in [6.45, 7) is 10.3. The first-order valence-corrected chi connectivity index (χ1v) is 9.74. The monoisotopic (exact) mass is 398 g/mol. The van der Waals surface area contributed by atoms with Gasteiger partial charge in [0.15, 0.2) is 0 Å². The Bertz CT molecular complexity index is 302. The molecule has 0 aromatic carbocycles. The van der Waals surface area contributed by atoms with Crippen molar-refractivity contribution in [1.82, 2.24) is 9.80 Å². The van der Waals surface area contributed by atoms with Crippen LogP contribution in [0.5, 0.6) is 0 Å². The highest BCUT2D eigenvalue weighted by Gasteiger charge is 2.20. The molecular formula is C19H40Cl2N2O2. The predicted molar refractivity (Wildman–Crippen MR) is 111 cm³/mol. The van der Waals surface area contributed by atoms with Gasteiger partial charge in [-0.25, -0.2) is 0 Å². The van der Waals surface area contributed by atoms with Crippen LogP contribution >= 0.6 is 24.8 Å². The smallest absolute Gasteiger partial charge is 0.308 e. The van der Waals surface area contributed by atoms with Crippen molar-refractivity contribution in [2.45, 2.75) is 65.2 Å². The third kappa shape index (κ3) is 12.9. The van der Waals surface area contributed by atoms with Gasteiger partial charge >= 0.3 is 5.97 Å². The molecule has 0 atom stereocenters. The third-order valence-electron chi connectivity index (χ3n) is 4.89. The van der Waals surface area contributed by atoms with E-state index in [4.69, 9.17) is 4.74 Å². The highest BCUT2D eigenvalue weighted by atomic mass is 35.5. The molecule has 1 heterocycles. The van der Waals surface area contributed by atoms with Gasteiger partial charge < -0.3 is 9.64 Å². The van der Waals surface area contributed by atoms with Gasteiger partial charge in [0.05, 0.1) is 5.92 Å². The Kier molecular flexibility index (Phi) is 18.9. The first-order valence-electron chi connectivity index (χ1n) is 9.74. The van der Waals surface area contributed by atoms with Crippen molar-refractivity contribution in [3.63, 3.8) is 0 Å². The number of likely N-dealkylation sites (N-methyl/N-ethyl adjacent to an activating group) is 1. The number of esters is 1. The number of nitrogens with zero attached hydrogens (tertiary/aromatic N) is 2. The molecule has 0 saturated carbocycles. The molecule has 4 nitrogen and oxygen atoms in total. The highest BCUT2D eigenvalue weighted by Crippen LogP contribution is 2.19. The Labute approximate surface area is 167 Å². The van der Waals surface area contributed by atoms with Gasteiger partial charge in [-0.15, -0.1) is 24.8 Å². The second-order valence-electron chi connectivity index (χ2n) is 7.00. The van der Waals surface area contributed by atoms with E-state index < -0.39 is 0 Å². The zero-order valence-corrected chi connectivity index (χ0v) is 18.1. The van der Waals surface area contributed by atoms with Gasteiger partial charge in [0.1, 0.15) is 6.61 Å². The van der Waals surface area contributed by atoms with E-state index in [2.05, 4.69) is 30.7 Å². The summed E-state index contributed by atoms with van der Waals surface area (Å²) in [6, 6.07) is 0. The van der Waals surface area contributed by atoms with E-state index in [0.29, 0.717) is 6.61 Å². The number of carbonyl (C=O) groups excluding carboxylic acids is 1. The van der Waals surface area contributed by atoms with Crippen molar-refractivity contribution in [1.29, 1.82) is 0 Å². The fraction of sp³-hybridized carbons (Fsp3) is 0.947. The molecule has 152 valence electrons. The van der Waals surface area contributed by atoms with Crippen LogP contribution in [0.3, 0.4) is 0 Å². The van der Waals surface area contributed by atoms with Gasteiger partial charge in [0, 0.05) is 32.7 Å². The van der Waals surface area contributed by atoms with E-state index in [1.807, 2.05) is 0 Å². The Morgan fingerprint density at radius 3 is 1.92 bits per heavy atom. The lowest BCUT2D eigenvalue weighted by molar-refractivity contribution is -0.149. The van der Waals surface area contributed by atoms with Gasteiger partial charge in [-0.3, -0.25) is 9.69 Å². The highest BCUT2D eigenvalue weighted by molar-refractivity contribution is 5.85. The molecule has 1 fully saturated rings. The van der Waals surface area contributed by atoms with Crippen LogP contribution in [0.4, 0.5) is 0 Å². The summed E-state index contributed by atoms with van der Waals surface area (Å²) in [6.07, 6.45) is 9.18. The number of rotatable bonds is 12. The average Bonchev–Trinajstić information content (AvgIpc) is 2.55. The molecule has 1 rings (SSSR count). The lowest BCUT2D eigenvalue weighted by Crippen LogP contribution is -2.45. The summed E-state index contributed by atoms with van der Waals surface area (Å²) < 4.78 is 5.60. The Morgan fingerprint density at radius 1 is 0.920 bits per heavy atom. The van der Waals surface area contributed by atoms with E-state index in [9.17, 15) is 4.79 Å². The maximum atomic E-state index is 12.4. The van der Waals surface area contributed by atoms with Crippen LogP contribution in [0.25, 0.3) is 0 Å². The van der Waals surface area contributed by atoms with Gasteiger partial charge in [-0.05, 0) is 19.9 Å². The Morgan fingerprint density at radius 2 is 1.44 bits per heavy atom. The maximum absolute atomic E-state index is 12.4.